The first-order valence-corrected chi connectivity index (χ1v) is 5.21. The number of nitrogens with two attached hydrogens (primary N) is 1. The monoisotopic (exact) mass is 234 g/mol. The van der Waals surface area contributed by atoms with E-state index in [1.165, 1.54) is 0 Å². The summed E-state index contributed by atoms with van der Waals surface area (Å²) in [5, 5.41) is 0. The van der Waals surface area contributed by atoms with Gasteiger partial charge in [-0.3, -0.25) is 4.79 Å². The highest BCUT2D eigenvalue weighted by Gasteiger charge is 2.23. The summed E-state index contributed by atoms with van der Waals surface area (Å²) in [7, 11) is 0. The maximum Gasteiger partial charge on any atom is 0.239 e. The zero-order valence-corrected chi connectivity index (χ0v) is 8.88. The van der Waals surface area contributed by atoms with E-state index in [0.29, 0.717) is 4.83 Å². The largest absolute Gasteiger partial charge is 0.340 e. The molecule has 70 valence electrons. The van der Waals surface area contributed by atoms with E-state index in [4.69, 9.17) is 5.73 Å². The molecule has 12 heavy (non-hydrogen) atoms. The van der Waals surface area contributed by atoms with E-state index in [1.807, 2.05) is 4.90 Å². The molecule has 0 aliphatic carbocycles. The number of halogens is 1. The van der Waals surface area contributed by atoms with E-state index >= 15 is 0 Å². The Morgan fingerprint density at radius 2 is 2.42 bits per heavy atom. The molecule has 1 saturated heterocycles. The molecule has 0 saturated carbocycles. The lowest BCUT2D eigenvalue weighted by molar-refractivity contribution is -0.132. The van der Waals surface area contributed by atoms with Crippen LogP contribution in [0.3, 0.4) is 0 Å². The second-order valence-corrected chi connectivity index (χ2v) is 4.61. The highest BCUT2D eigenvalue weighted by Crippen LogP contribution is 2.16. The number of hydrogen-bond donors (Lipinski definition) is 1. The lowest BCUT2D eigenvalue weighted by Gasteiger charge is -2.31. The molecule has 1 aliphatic heterocycles. The van der Waals surface area contributed by atoms with E-state index in [-0.39, 0.29) is 11.9 Å². The summed E-state index contributed by atoms with van der Waals surface area (Å²) in [6, 6.07) is -0.359. The summed E-state index contributed by atoms with van der Waals surface area (Å²) >= 11 is 3.51. The average Bonchev–Trinajstić information content (AvgIpc) is 2.03. The third-order valence-corrected chi connectivity index (χ3v) is 2.81. The van der Waals surface area contributed by atoms with Crippen LogP contribution in [-0.4, -0.2) is 34.8 Å². The first kappa shape index (κ1) is 9.99. The van der Waals surface area contributed by atoms with Crippen molar-refractivity contribution < 1.29 is 4.79 Å². The number of rotatable bonds is 1. The molecule has 3 nitrogen and oxygen atoms in total. The summed E-state index contributed by atoms with van der Waals surface area (Å²) in [6.45, 7) is 3.41. The molecule has 0 aromatic rings. The fourth-order valence-corrected chi connectivity index (χ4v) is 2.09. The molecule has 2 N–H and O–H groups in total. The molecule has 4 heteroatoms. The highest BCUT2D eigenvalue weighted by molar-refractivity contribution is 9.09. The number of carbonyl (C=O) groups is 1. The number of nitrogens with zero attached hydrogens (tertiary/aromatic N) is 1. The summed E-state index contributed by atoms with van der Waals surface area (Å²) in [5.41, 5.74) is 5.51. The van der Waals surface area contributed by atoms with Crippen LogP contribution < -0.4 is 5.73 Å². The van der Waals surface area contributed by atoms with Gasteiger partial charge in [-0.05, 0) is 19.8 Å². The smallest absolute Gasteiger partial charge is 0.239 e. The van der Waals surface area contributed by atoms with Gasteiger partial charge < -0.3 is 10.6 Å². The minimum absolute atomic E-state index is 0.0687. The Morgan fingerprint density at radius 1 is 1.75 bits per heavy atom. The minimum Gasteiger partial charge on any atom is -0.340 e. The van der Waals surface area contributed by atoms with E-state index < -0.39 is 0 Å². The van der Waals surface area contributed by atoms with Crippen molar-refractivity contribution in [2.24, 2.45) is 5.73 Å². The van der Waals surface area contributed by atoms with Crippen molar-refractivity contribution in [2.75, 3.05) is 13.1 Å². The van der Waals surface area contributed by atoms with Crippen LogP contribution in [0.15, 0.2) is 0 Å². The van der Waals surface area contributed by atoms with Crippen molar-refractivity contribution in [3.8, 4) is 0 Å². The molecular weight excluding hydrogens is 220 g/mol. The Balaban J connectivity index is 2.46. The normalized spacial score (nSPS) is 26.9. The molecule has 1 amide bonds. The van der Waals surface area contributed by atoms with Crippen LogP contribution in [-0.2, 0) is 4.79 Å². The molecule has 2 atom stereocenters. The molecule has 0 bridgehead atoms. The van der Waals surface area contributed by atoms with E-state index in [2.05, 4.69) is 15.9 Å². The first-order chi connectivity index (χ1) is 5.61. The fraction of sp³-hybridized carbons (Fsp3) is 0.875. The molecule has 1 rings (SSSR count). The van der Waals surface area contributed by atoms with Crippen molar-refractivity contribution in [1.29, 1.82) is 0 Å². The van der Waals surface area contributed by atoms with Crippen molar-refractivity contribution in [1.82, 2.24) is 4.90 Å². The van der Waals surface area contributed by atoms with Crippen molar-refractivity contribution >= 4 is 21.8 Å². The van der Waals surface area contributed by atoms with Gasteiger partial charge in [-0.1, -0.05) is 15.9 Å². The number of carbonyl (C=O) groups excluding carboxylic acids is 1. The molecule has 0 aromatic heterocycles. The number of alkyl halides is 1. The third-order valence-electron chi connectivity index (χ3n) is 2.07. The van der Waals surface area contributed by atoms with Gasteiger partial charge >= 0.3 is 0 Å². The van der Waals surface area contributed by atoms with E-state index in [0.717, 1.165) is 25.9 Å². The van der Waals surface area contributed by atoms with E-state index in [9.17, 15) is 4.79 Å². The van der Waals surface area contributed by atoms with E-state index in [1.54, 1.807) is 6.92 Å². The van der Waals surface area contributed by atoms with Crippen molar-refractivity contribution in [3.63, 3.8) is 0 Å². The number of hydrogen-bond acceptors (Lipinski definition) is 2. The molecule has 0 aromatic carbocycles. The van der Waals surface area contributed by atoms with Crippen LogP contribution >= 0.6 is 15.9 Å². The van der Waals surface area contributed by atoms with Gasteiger partial charge in [-0.15, -0.1) is 0 Å². The molecule has 0 radical (unpaired) electrons. The average molecular weight is 235 g/mol. The molecule has 1 unspecified atom stereocenters. The standard InChI is InChI=1S/C8H15BrN2O/c1-6(10)8(12)11-4-2-3-7(9)5-11/h6-7H,2-5,10H2,1H3/t6-,7?/m0/s1. The van der Waals surface area contributed by atoms with Gasteiger partial charge in [0.15, 0.2) is 0 Å². The van der Waals surface area contributed by atoms with Gasteiger partial charge in [0.05, 0.1) is 6.04 Å². The maximum atomic E-state index is 11.4. The summed E-state index contributed by atoms with van der Waals surface area (Å²) in [5.74, 6) is 0.0687. The number of piperidine rings is 1. The van der Waals surface area contributed by atoms with Gasteiger partial charge in [0.1, 0.15) is 0 Å². The zero-order valence-electron chi connectivity index (χ0n) is 7.29. The Labute approximate surface area is 81.4 Å². The van der Waals surface area contributed by atoms with Crippen LogP contribution in [0.2, 0.25) is 0 Å². The number of amides is 1. The zero-order chi connectivity index (χ0) is 9.14. The van der Waals surface area contributed by atoms with Gasteiger partial charge in [0.2, 0.25) is 5.91 Å². The van der Waals surface area contributed by atoms with Crippen LogP contribution in [0.4, 0.5) is 0 Å². The lowest BCUT2D eigenvalue weighted by Crippen LogP contribution is -2.47. The quantitative estimate of drug-likeness (QED) is 0.680. The van der Waals surface area contributed by atoms with Crippen LogP contribution in [0, 0.1) is 0 Å². The van der Waals surface area contributed by atoms with Crippen molar-refractivity contribution in [3.05, 3.63) is 0 Å². The predicted octanol–water partition coefficient (Wildman–Crippen LogP) is 0.719. The SMILES string of the molecule is C[C@H](N)C(=O)N1CCCC(Br)C1. The fourth-order valence-electron chi connectivity index (χ4n) is 1.41. The predicted molar refractivity (Wildman–Crippen MR) is 52.2 cm³/mol. The second kappa shape index (κ2) is 4.23. The minimum atomic E-state index is -0.359. The molecule has 1 aliphatic rings. The summed E-state index contributed by atoms with van der Waals surface area (Å²) < 4.78 is 0. The first-order valence-electron chi connectivity index (χ1n) is 4.29. The van der Waals surface area contributed by atoms with Gasteiger partial charge in [0.25, 0.3) is 0 Å². The van der Waals surface area contributed by atoms with Gasteiger partial charge in [0, 0.05) is 17.9 Å². The highest BCUT2D eigenvalue weighted by atomic mass is 79.9. The molecule has 1 fully saturated rings. The molecule has 1 heterocycles. The van der Waals surface area contributed by atoms with Crippen LogP contribution in [0.1, 0.15) is 19.8 Å². The Bertz CT molecular complexity index is 172. The Hall–Kier alpha value is -0.0900. The topological polar surface area (TPSA) is 46.3 Å². The molecular formula is C8H15BrN2O. The maximum absolute atomic E-state index is 11.4. The van der Waals surface area contributed by atoms with Crippen LogP contribution in [0.5, 0.6) is 0 Å². The molecule has 0 spiro atoms. The summed E-state index contributed by atoms with van der Waals surface area (Å²) in [6.07, 6.45) is 2.23. The van der Waals surface area contributed by atoms with Gasteiger partial charge in [-0.2, -0.15) is 0 Å². The van der Waals surface area contributed by atoms with Crippen molar-refractivity contribution in [2.45, 2.75) is 30.6 Å². The summed E-state index contributed by atoms with van der Waals surface area (Å²) in [4.78, 5) is 13.7. The van der Waals surface area contributed by atoms with Gasteiger partial charge in [-0.25, -0.2) is 0 Å². The lowest BCUT2D eigenvalue weighted by atomic mass is 10.1. The van der Waals surface area contributed by atoms with Crippen LogP contribution in [0.25, 0.3) is 0 Å². The Morgan fingerprint density at radius 3 is 2.92 bits per heavy atom. The number of likely N-dealkylation sites (tertiary alicyclic amines) is 1. The third kappa shape index (κ3) is 2.45. The Kier molecular flexibility index (Phi) is 3.53. The second-order valence-electron chi connectivity index (χ2n) is 3.31.